The van der Waals surface area contributed by atoms with Crippen LogP contribution in [0.2, 0.25) is 0 Å². The lowest BCUT2D eigenvalue weighted by atomic mass is 10.1. The van der Waals surface area contributed by atoms with Crippen LogP contribution in [-0.4, -0.2) is 22.0 Å². The molecule has 1 heterocycles. The molecule has 1 atom stereocenters. The van der Waals surface area contributed by atoms with Gasteiger partial charge >= 0.3 is 0 Å². The molecular weight excluding hydrogens is 254 g/mol. The van der Waals surface area contributed by atoms with E-state index in [4.69, 9.17) is 5.73 Å². The van der Waals surface area contributed by atoms with Crippen LogP contribution < -0.4 is 11.1 Å². The number of benzene rings is 1. The number of rotatable bonds is 4. The molecule has 1 aromatic heterocycles. The highest BCUT2D eigenvalue weighted by Gasteiger charge is 2.15. The Morgan fingerprint density at radius 3 is 2.70 bits per heavy atom. The minimum Gasteiger partial charge on any atom is -0.508 e. The number of phenolic OH excluding ortho intramolecular Hbond substituents is 1. The number of nitrogens with zero attached hydrogens (tertiary/aromatic N) is 1. The van der Waals surface area contributed by atoms with E-state index in [-0.39, 0.29) is 11.7 Å². The van der Waals surface area contributed by atoms with E-state index < -0.39 is 6.04 Å². The fraction of sp³-hybridized carbons (Fsp3) is 0.200. The summed E-state index contributed by atoms with van der Waals surface area (Å²) in [7, 11) is 0. The van der Waals surface area contributed by atoms with Crippen LogP contribution in [0.5, 0.6) is 5.75 Å². The number of carbonyl (C=O) groups excluding carboxylic acids is 1. The summed E-state index contributed by atoms with van der Waals surface area (Å²) in [6.45, 7) is 1.89. The van der Waals surface area contributed by atoms with Crippen molar-refractivity contribution in [3.63, 3.8) is 0 Å². The molecule has 104 valence electrons. The Bertz CT molecular complexity index is 596. The third kappa shape index (κ3) is 3.55. The number of aryl methyl sites for hydroxylation is 1. The first-order valence-corrected chi connectivity index (χ1v) is 6.31. The standard InChI is InChI=1S/C15H17N3O2/c1-10-6-7-17-9-14(10)18-15(20)13(16)8-11-2-4-12(19)5-3-11/h2-7,9,13,19H,8,16H2,1H3,(H,18,20). The highest BCUT2D eigenvalue weighted by atomic mass is 16.3. The largest absolute Gasteiger partial charge is 0.508 e. The molecule has 0 aliphatic rings. The zero-order chi connectivity index (χ0) is 14.5. The molecule has 0 bridgehead atoms. The van der Waals surface area contributed by atoms with Gasteiger partial charge in [-0.3, -0.25) is 9.78 Å². The predicted octanol–water partition coefficient (Wildman–Crippen LogP) is 1.60. The summed E-state index contributed by atoms with van der Waals surface area (Å²) in [4.78, 5) is 16.0. The third-order valence-corrected chi connectivity index (χ3v) is 3.03. The number of amides is 1. The maximum Gasteiger partial charge on any atom is 0.241 e. The van der Waals surface area contributed by atoms with Crippen LogP contribution in [0.3, 0.4) is 0 Å². The number of aromatic nitrogens is 1. The smallest absolute Gasteiger partial charge is 0.241 e. The van der Waals surface area contributed by atoms with Gasteiger partial charge < -0.3 is 16.2 Å². The third-order valence-electron chi connectivity index (χ3n) is 3.03. The molecule has 4 N–H and O–H groups in total. The highest BCUT2D eigenvalue weighted by Crippen LogP contribution is 2.13. The second-order valence-electron chi connectivity index (χ2n) is 4.66. The van der Waals surface area contributed by atoms with Crippen molar-refractivity contribution >= 4 is 11.6 Å². The van der Waals surface area contributed by atoms with Crippen LogP contribution in [0, 0.1) is 6.92 Å². The van der Waals surface area contributed by atoms with Gasteiger partial charge in [-0.05, 0) is 42.7 Å². The summed E-state index contributed by atoms with van der Waals surface area (Å²) in [6.07, 6.45) is 3.67. The van der Waals surface area contributed by atoms with E-state index >= 15 is 0 Å². The molecule has 0 saturated carbocycles. The molecule has 0 aliphatic carbocycles. The summed E-state index contributed by atoms with van der Waals surface area (Å²) in [6, 6.07) is 7.81. The first-order valence-electron chi connectivity index (χ1n) is 6.31. The molecule has 5 heteroatoms. The summed E-state index contributed by atoms with van der Waals surface area (Å²) in [5.41, 5.74) is 8.39. The van der Waals surface area contributed by atoms with E-state index in [1.807, 2.05) is 13.0 Å². The van der Waals surface area contributed by atoms with Crippen LogP contribution in [-0.2, 0) is 11.2 Å². The average Bonchev–Trinajstić information content (AvgIpc) is 2.44. The van der Waals surface area contributed by atoms with Crippen molar-refractivity contribution in [2.45, 2.75) is 19.4 Å². The summed E-state index contributed by atoms with van der Waals surface area (Å²) in [5.74, 6) is -0.0630. The molecule has 1 unspecified atom stereocenters. The van der Waals surface area contributed by atoms with E-state index in [1.165, 1.54) is 0 Å². The molecular formula is C15H17N3O2. The van der Waals surface area contributed by atoms with Gasteiger partial charge in [-0.25, -0.2) is 0 Å². The number of phenols is 1. The minimum absolute atomic E-state index is 0.192. The average molecular weight is 271 g/mol. The van der Waals surface area contributed by atoms with Crippen LogP contribution in [0.1, 0.15) is 11.1 Å². The van der Waals surface area contributed by atoms with Crippen molar-refractivity contribution in [1.29, 1.82) is 0 Å². The lowest BCUT2D eigenvalue weighted by Gasteiger charge is -2.13. The molecule has 0 aliphatic heterocycles. The molecule has 0 saturated heterocycles. The van der Waals surface area contributed by atoms with Gasteiger partial charge in [0.1, 0.15) is 5.75 Å². The van der Waals surface area contributed by atoms with Gasteiger partial charge in [0.25, 0.3) is 0 Å². The Hall–Kier alpha value is -2.40. The van der Waals surface area contributed by atoms with Crippen LogP contribution in [0.25, 0.3) is 0 Å². The van der Waals surface area contributed by atoms with E-state index in [2.05, 4.69) is 10.3 Å². The first-order chi connectivity index (χ1) is 9.56. The lowest BCUT2D eigenvalue weighted by molar-refractivity contribution is -0.117. The van der Waals surface area contributed by atoms with Gasteiger partial charge in [0.05, 0.1) is 17.9 Å². The van der Waals surface area contributed by atoms with Crippen LogP contribution in [0.4, 0.5) is 5.69 Å². The molecule has 2 aromatic rings. The van der Waals surface area contributed by atoms with Crippen molar-refractivity contribution < 1.29 is 9.90 Å². The lowest BCUT2D eigenvalue weighted by Crippen LogP contribution is -2.37. The fourth-order valence-electron chi connectivity index (χ4n) is 1.80. The van der Waals surface area contributed by atoms with Crippen molar-refractivity contribution in [1.82, 2.24) is 4.98 Å². The summed E-state index contributed by atoms with van der Waals surface area (Å²) in [5, 5.41) is 12.0. The number of pyridine rings is 1. The number of aromatic hydroxyl groups is 1. The number of nitrogens with two attached hydrogens (primary N) is 1. The van der Waals surface area contributed by atoms with E-state index in [1.54, 1.807) is 36.7 Å². The number of nitrogens with one attached hydrogen (secondary N) is 1. The van der Waals surface area contributed by atoms with Crippen molar-refractivity contribution in [3.8, 4) is 5.75 Å². The molecule has 0 spiro atoms. The first kappa shape index (κ1) is 14.0. The maximum atomic E-state index is 12.0. The molecule has 2 rings (SSSR count). The topological polar surface area (TPSA) is 88.2 Å². The summed E-state index contributed by atoms with van der Waals surface area (Å²) >= 11 is 0. The number of carbonyl (C=O) groups is 1. The van der Waals surface area contributed by atoms with Crippen LogP contribution >= 0.6 is 0 Å². The van der Waals surface area contributed by atoms with Crippen molar-refractivity contribution in [2.75, 3.05) is 5.32 Å². The highest BCUT2D eigenvalue weighted by molar-refractivity contribution is 5.95. The Balaban J connectivity index is 1.99. The minimum atomic E-state index is -0.654. The van der Waals surface area contributed by atoms with Gasteiger partial charge in [0, 0.05) is 6.20 Å². The Kier molecular flexibility index (Phi) is 4.32. The second-order valence-corrected chi connectivity index (χ2v) is 4.66. The molecule has 20 heavy (non-hydrogen) atoms. The van der Waals surface area contributed by atoms with Gasteiger partial charge in [-0.2, -0.15) is 0 Å². The van der Waals surface area contributed by atoms with Gasteiger partial charge in [0.2, 0.25) is 5.91 Å². The monoisotopic (exact) mass is 271 g/mol. The number of anilines is 1. The second kappa shape index (κ2) is 6.16. The zero-order valence-electron chi connectivity index (χ0n) is 11.2. The van der Waals surface area contributed by atoms with E-state index in [9.17, 15) is 9.90 Å². The van der Waals surface area contributed by atoms with E-state index in [0.717, 1.165) is 11.1 Å². The molecule has 1 amide bonds. The predicted molar refractivity (Wildman–Crippen MR) is 77.4 cm³/mol. The SMILES string of the molecule is Cc1ccncc1NC(=O)C(N)Cc1ccc(O)cc1. The van der Waals surface area contributed by atoms with Gasteiger partial charge in [-0.1, -0.05) is 12.1 Å². The molecule has 5 nitrogen and oxygen atoms in total. The van der Waals surface area contributed by atoms with E-state index in [0.29, 0.717) is 12.1 Å². The Morgan fingerprint density at radius 1 is 1.35 bits per heavy atom. The molecule has 0 radical (unpaired) electrons. The molecule has 1 aromatic carbocycles. The quantitative estimate of drug-likeness (QED) is 0.788. The van der Waals surface area contributed by atoms with Crippen LogP contribution in [0.15, 0.2) is 42.7 Å². The Morgan fingerprint density at radius 2 is 2.05 bits per heavy atom. The number of hydrogen-bond acceptors (Lipinski definition) is 4. The summed E-state index contributed by atoms with van der Waals surface area (Å²) < 4.78 is 0. The molecule has 0 fully saturated rings. The Labute approximate surface area is 117 Å². The van der Waals surface area contributed by atoms with Crippen molar-refractivity contribution in [3.05, 3.63) is 53.9 Å². The zero-order valence-corrected chi connectivity index (χ0v) is 11.2. The fourth-order valence-corrected chi connectivity index (χ4v) is 1.80. The van der Waals surface area contributed by atoms with Gasteiger partial charge in [0.15, 0.2) is 0 Å². The maximum absolute atomic E-state index is 12.0. The van der Waals surface area contributed by atoms with Crippen molar-refractivity contribution in [2.24, 2.45) is 5.73 Å². The van der Waals surface area contributed by atoms with Gasteiger partial charge in [-0.15, -0.1) is 0 Å². The normalized spacial score (nSPS) is 11.9. The number of hydrogen-bond donors (Lipinski definition) is 3.